The molecule has 3 heterocycles. The third kappa shape index (κ3) is 3.44. The Hall–Kier alpha value is -3.35. The number of thiophene rings is 1. The van der Waals surface area contributed by atoms with Crippen LogP contribution in [0.25, 0.3) is 0 Å². The zero-order chi connectivity index (χ0) is 20.6. The molecule has 4 rings (SSSR count). The summed E-state index contributed by atoms with van der Waals surface area (Å²) in [5.74, 6) is 5.58. The Balaban J connectivity index is 1.63. The number of benzene rings is 1. The molecule has 0 spiro atoms. The minimum absolute atomic E-state index is 0.0669. The fourth-order valence-corrected chi connectivity index (χ4v) is 4.07. The van der Waals surface area contributed by atoms with Gasteiger partial charge in [0.05, 0.1) is 18.5 Å². The highest BCUT2D eigenvalue weighted by atomic mass is 32.1. The monoisotopic (exact) mass is 410 g/mol. The Morgan fingerprint density at radius 2 is 2.10 bits per heavy atom. The van der Waals surface area contributed by atoms with E-state index in [-0.39, 0.29) is 12.5 Å². The van der Waals surface area contributed by atoms with E-state index in [1.54, 1.807) is 12.1 Å². The maximum atomic E-state index is 12.9. The lowest BCUT2D eigenvalue weighted by Crippen LogP contribution is -2.54. The van der Waals surface area contributed by atoms with E-state index in [4.69, 9.17) is 10.5 Å². The van der Waals surface area contributed by atoms with Crippen LogP contribution in [0.5, 0.6) is 5.75 Å². The van der Waals surface area contributed by atoms with Gasteiger partial charge in [-0.3, -0.25) is 14.9 Å². The van der Waals surface area contributed by atoms with Crippen LogP contribution in [0.1, 0.15) is 25.7 Å². The van der Waals surface area contributed by atoms with Gasteiger partial charge in [0.2, 0.25) is 5.54 Å². The van der Waals surface area contributed by atoms with E-state index in [9.17, 15) is 14.4 Å². The molecule has 1 aromatic carbocycles. The molecule has 0 aliphatic carbocycles. The summed E-state index contributed by atoms with van der Waals surface area (Å²) >= 11 is 1.42. The first-order valence-corrected chi connectivity index (χ1v) is 9.67. The minimum Gasteiger partial charge on any atom is -0.497 e. The van der Waals surface area contributed by atoms with E-state index in [0.717, 1.165) is 15.3 Å². The van der Waals surface area contributed by atoms with Gasteiger partial charge in [0.25, 0.3) is 11.8 Å². The first-order chi connectivity index (χ1) is 13.9. The van der Waals surface area contributed by atoms with Gasteiger partial charge in [0.1, 0.15) is 5.75 Å². The summed E-state index contributed by atoms with van der Waals surface area (Å²) in [6.45, 7) is 0.655. The second-order valence-corrected chi connectivity index (χ2v) is 7.89. The summed E-state index contributed by atoms with van der Waals surface area (Å²) in [5, 5.41) is 4.82. The molecule has 29 heavy (non-hydrogen) atoms. The lowest BCUT2D eigenvalue weighted by molar-refractivity contribution is -0.122. The molecule has 2 aromatic rings. The smallest absolute Gasteiger partial charge is 0.323 e. The third-order valence-electron chi connectivity index (χ3n) is 4.83. The molecule has 1 aromatic heterocycles. The van der Waals surface area contributed by atoms with Gasteiger partial charge in [-0.1, -0.05) is 17.9 Å². The molecule has 2 aliphatic rings. The molecule has 0 bridgehead atoms. The normalized spacial score (nSPS) is 20.1. The number of hydrogen-bond acceptors (Lipinski definition) is 6. The molecule has 0 unspecified atom stereocenters. The highest BCUT2D eigenvalue weighted by Crippen LogP contribution is 2.28. The molecule has 1 fully saturated rings. The molecule has 4 N–H and O–H groups in total. The molecule has 148 valence electrons. The van der Waals surface area contributed by atoms with Gasteiger partial charge in [-0.05, 0) is 29.8 Å². The number of methoxy groups -OCH3 is 1. The van der Waals surface area contributed by atoms with E-state index < -0.39 is 17.5 Å². The summed E-state index contributed by atoms with van der Waals surface area (Å²) in [6, 6.07) is 8.31. The van der Waals surface area contributed by atoms with Crippen LogP contribution in [0.15, 0.2) is 30.3 Å². The molecule has 8 nitrogen and oxygen atoms in total. The second kappa shape index (κ2) is 7.24. The van der Waals surface area contributed by atoms with Crippen molar-refractivity contribution in [1.29, 1.82) is 0 Å². The number of carbonyl (C=O) groups is 3. The largest absolute Gasteiger partial charge is 0.497 e. The maximum Gasteiger partial charge on any atom is 0.323 e. The van der Waals surface area contributed by atoms with Crippen molar-refractivity contribution in [3.63, 3.8) is 0 Å². The van der Waals surface area contributed by atoms with Crippen molar-refractivity contribution < 1.29 is 19.1 Å². The highest BCUT2D eigenvalue weighted by Gasteiger charge is 2.48. The third-order valence-corrected chi connectivity index (χ3v) is 5.85. The van der Waals surface area contributed by atoms with Gasteiger partial charge < -0.3 is 20.7 Å². The fraction of sp³-hybridized carbons (Fsp3) is 0.250. The fourth-order valence-electron chi connectivity index (χ4n) is 3.33. The van der Waals surface area contributed by atoms with Crippen LogP contribution in [-0.2, 0) is 17.9 Å². The number of carbonyl (C=O) groups excluding carboxylic acids is 3. The highest BCUT2D eigenvalue weighted by molar-refractivity contribution is 7.12. The van der Waals surface area contributed by atoms with Crippen LogP contribution in [-0.4, -0.2) is 41.9 Å². The Kier molecular flexibility index (Phi) is 4.74. The summed E-state index contributed by atoms with van der Waals surface area (Å²) in [4.78, 5) is 40.5. The van der Waals surface area contributed by atoms with E-state index >= 15 is 0 Å². The quantitative estimate of drug-likeness (QED) is 0.510. The molecule has 1 atom stereocenters. The van der Waals surface area contributed by atoms with Crippen LogP contribution in [0.3, 0.4) is 0 Å². The van der Waals surface area contributed by atoms with Gasteiger partial charge in [0.15, 0.2) is 0 Å². The number of nitrogens with two attached hydrogens (primary N) is 1. The van der Waals surface area contributed by atoms with E-state index in [0.29, 0.717) is 24.4 Å². The zero-order valence-corrected chi connectivity index (χ0v) is 16.4. The number of urea groups is 1. The Labute approximate surface area is 171 Å². The average molecular weight is 410 g/mol. The number of hydrogen-bond donors (Lipinski definition) is 3. The molecule has 9 heteroatoms. The van der Waals surface area contributed by atoms with Gasteiger partial charge in [-0.15, -0.1) is 11.3 Å². The molecule has 4 amide bonds. The Bertz CT molecular complexity index is 1080. The molecule has 0 saturated carbocycles. The lowest BCUT2D eigenvalue weighted by Gasteiger charge is -2.26. The Morgan fingerprint density at radius 3 is 2.76 bits per heavy atom. The number of nitrogens with zero attached hydrogens (tertiary/aromatic N) is 1. The molecular formula is C20H18N4O4S. The van der Waals surface area contributed by atoms with E-state index in [2.05, 4.69) is 22.5 Å². The van der Waals surface area contributed by atoms with Crippen molar-refractivity contribution in [2.24, 2.45) is 5.73 Å². The second-order valence-electron chi connectivity index (χ2n) is 6.72. The molecule has 1 saturated heterocycles. The number of fused-ring (bicyclic) bond motifs is 1. The van der Waals surface area contributed by atoms with E-state index in [1.165, 1.54) is 23.3 Å². The minimum atomic E-state index is -1.52. The first kappa shape index (κ1) is 19.0. The number of ether oxygens (including phenoxy) is 1. The van der Waals surface area contributed by atoms with Crippen molar-refractivity contribution in [3.05, 3.63) is 51.2 Å². The van der Waals surface area contributed by atoms with Crippen LogP contribution in [0.4, 0.5) is 4.79 Å². The predicted octanol–water partition coefficient (Wildman–Crippen LogP) is 0.801. The Morgan fingerprint density at radius 1 is 1.28 bits per heavy atom. The van der Waals surface area contributed by atoms with Gasteiger partial charge in [-0.2, -0.15) is 0 Å². The number of rotatable bonds is 4. The number of amides is 4. The first-order valence-electron chi connectivity index (χ1n) is 8.86. The van der Waals surface area contributed by atoms with Crippen LogP contribution >= 0.6 is 11.3 Å². The predicted molar refractivity (Wildman–Crippen MR) is 106 cm³/mol. The van der Waals surface area contributed by atoms with Crippen LogP contribution in [0.2, 0.25) is 0 Å². The molecular weight excluding hydrogens is 392 g/mol. The number of nitrogens with one attached hydrogen (secondary N) is 2. The van der Waals surface area contributed by atoms with Crippen molar-refractivity contribution in [1.82, 2.24) is 15.5 Å². The summed E-state index contributed by atoms with van der Waals surface area (Å²) < 4.78 is 5.18. The molecule has 2 aliphatic heterocycles. The molecule has 0 radical (unpaired) electrons. The average Bonchev–Trinajstić information content (AvgIpc) is 3.37. The van der Waals surface area contributed by atoms with Crippen molar-refractivity contribution in [2.45, 2.75) is 18.6 Å². The van der Waals surface area contributed by atoms with Crippen molar-refractivity contribution >= 4 is 29.2 Å². The SMILES string of the molecule is COc1ccc2c(c1)C(=O)N(C[C@@]1(C#Cc3ccc(CN)s3)NC(=O)NC1=O)C2. The van der Waals surface area contributed by atoms with Gasteiger partial charge >= 0.3 is 6.03 Å². The lowest BCUT2D eigenvalue weighted by atomic mass is 9.99. The topological polar surface area (TPSA) is 114 Å². The van der Waals surface area contributed by atoms with Crippen molar-refractivity contribution in [3.8, 4) is 17.6 Å². The number of imide groups is 1. The van der Waals surface area contributed by atoms with Gasteiger partial charge in [-0.25, -0.2) is 4.79 Å². The summed E-state index contributed by atoms with van der Waals surface area (Å²) in [6.07, 6.45) is 0. The van der Waals surface area contributed by atoms with Crippen molar-refractivity contribution in [2.75, 3.05) is 13.7 Å². The van der Waals surface area contributed by atoms with Gasteiger partial charge in [0, 0.05) is 23.5 Å². The summed E-state index contributed by atoms with van der Waals surface area (Å²) in [5.41, 5.74) is 5.45. The standard InChI is InChI=1S/C20H18N4O4S/c1-28-13-3-2-12-10-24(17(25)16(12)8-13)11-20(18(26)22-19(27)23-20)7-6-14-4-5-15(9-21)29-14/h2-5,8H,9-11,21H2,1H3,(H2,22,23,26,27)/t20-/m1/s1. The maximum absolute atomic E-state index is 12.9. The summed E-state index contributed by atoms with van der Waals surface area (Å²) in [7, 11) is 1.53. The van der Waals surface area contributed by atoms with E-state index in [1.807, 2.05) is 18.2 Å². The zero-order valence-electron chi connectivity index (χ0n) is 15.6. The van der Waals surface area contributed by atoms with Crippen LogP contribution < -0.4 is 21.1 Å². The van der Waals surface area contributed by atoms with Crippen LogP contribution in [0, 0.1) is 11.8 Å².